The molecule has 1 saturated carbocycles. The Morgan fingerprint density at radius 1 is 1.43 bits per heavy atom. The average Bonchev–Trinajstić information content (AvgIpc) is 2.95. The van der Waals surface area contributed by atoms with Crippen molar-refractivity contribution >= 4 is 0 Å². The van der Waals surface area contributed by atoms with Crippen molar-refractivity contribution in [3.8, 4) is 0 Å². The van der Waals surface area contributed by atoms with E-state index in [1.165, 1.54) is 19.4 Å². The van der Waals surface area contributed by atoms with E-state index in [2.05, 4.69) is 4.90 Å². The maximum Gasteiger partial charge on any atom is 0.0662 e. The van der Waals surface area contributed by atoms with E-state index in [0.29, 0.717) is 5.92 Å². The van der Waals surface area contributed by atoms with Crippen LogP contribution in [-0.4, -0.2) is 41.8 Å². The van der Waals surface area contributed by atoms with Crippen molar-refractivity contribution in [3.63, 3.8) is 0 Å². The van der Waals surface area contributed by atoms with E-state index in [1.807, 2.05) is 0 Å². The molecular formula is C11H22N2O. The van der Waals surface area contributed by atoms with E-state index >= 15 is 0 Å². The van der Waals surface area contributed by atoms with Crippen LogP contribution in [0, 0.1) is 5.92 Å². The number of nitrogens with two attached hydrogens (primary N) is 1. The van der Waals surface area contributed by atoms with Gasteiger partial charge in [0.1, 0.15) is 0 Å². The zero-order chi connectivity index (χ0) is 10.0. The van der Waals surface area contributed by atoms with Crippen molar-refractivity contribution in [2.75, 3.05) is 26.2 Å². The van der Waals surface area contributed by atoms with Gasteiger partial charge in [-0.2, -0.15) is 0 Å². The normalized spacial score (nSPS) is 31.7. The zero-order valence-corrected chi connectivity index (χ0v) is 8.91. The Kier molecular flexibility index (Phi) is 3.10. The minimum atomic E-state index is -0.282. The van der Waals surface area contributed by atoms with Crippen molar-refractivity contribution in [3.05, 3.63) is 0 Å². The van der Waals surface area contributed by atoms with Crippen LogP contribution < -0.4 is 5.73 Å². The predicted molar refractivity (Wildman–Crippen MR) is 57.0 cm³/mol. The number of likely N-dealkylation sites (tertiary alicyclic amines) is 1. The van der Waals surface area contributed by atoms with Gasteiger partial charge in [-0.1, -0.05) is 0 Å². The molecule has 1 unspecified atom stereocenters. The van der Waals surface area contributed by atoms with Crippen LogP contribution in [0.4, 0.5) is 0 Å². The number of hydrogen-bond acceptors (Lipinski definition) is 3. The third kappa shape index (κ3) is 2.69. The molecule has 0 aromatic carbocycles. The standard InChI is InChI=1S/C11H22N2O/c12-8-10-2-1-6-13(9-10)7-5-11(14)3-4-11/h10,14H,1-9,12H2. The Hall–Kier alpha value is -0.120. The summed E-state index contributed by atoms with van der Waals surface area (Å²) in [5, 5.41) is 9.73. The first-order valence-corrected chi connectivity index (χ1v) is 5.87. The highest BCUT2D eigenvalue weighted by Crippen LogP contribution is 2.38. The van der Waals surface area contributed by atoms with Crippen LogP contribution in [0.2, 0.25) is 0 Å². The Labute approximate surface area is 86.3 Å². The van der Waals surface area contributed by atoms with Crippen LogP contribution >= 0.6 is 0 Å². The summed E-state index contributed by atoms with van der Waals surface area (Å²) in [6.07, 6.45) is 5.56. The Morgan fingerprint density at radius 3 is 2.86 bits per heavy atom. The van der Waals surface area contributed by atoms with Crippen LogP contribution in [0.3, 0.4) is 0 Å². The van der Waals surface area contributed by atoms with Gasteiger partial charge in [0.15, 0.2) is 0 Å². The fourth-order valence-electron chi connectivity index (χ4n) is 2.31. The second-order valence-corrected chi connectivity index (χ2v) is 5.02. The van der Waals surface area contributed by atoms with Gasteiger partial charge in [-0.3, -0.25) is 0 Å². The monoisotopic (exact) mass is 198 g/mol. The van der Waals surface area contributed by atoms with Gasteiger partial charge in [0, 0.05) is 13.1 Å². The fraction of sp³-hybridized carbons (Fsp3) is 1.00. The summed E-state index contributed by atoms with van der Waals surface area (Å²) in [5.74, 6) is 0.692. The lowest BCUT2D eigenvalue weighted by molar-refractivity contribution is 0.103. The van der Waals surface area contributed by atoms with Gasteiger partial charge in [0.25, 0.3) is 0 Å². The summed E-state index contributed by atoms with van der Waals surface area (Å²) in [6, 6.07) is 0. The molecule has 1 heterocycles. The molecule has 0 spiro atoms. The molecule has 3 N–H and O–H groups in total. The van der Waals surface area contributed by atoms with E-state index in [9.17, 15) is 5.11 Å². The van der Waals surface area contributed by atoms with Crippen molar-refractivity contribution < 1.29 is 5.11 Å². The molecule has 1 aliphatic carbocycles. The molecule has 14 heavy (non-hydrogen) atoms. The minimum Gasteiger partial charge on any atom is -0.390 e. The lowest BCUT2D eigenvalue weighted by Gasteiger charge is -2.32. The Balaban J connectivity index is 1.69. The van der Waals surface area contributed by atoms with E-state index in [0.717, 1.165) is 38.9 Å². The van der Waals surface area contributed by atoms with E-state index in [-0.39, 0.29) is 5.60 Å². The molecule has 3 heteroatoms. The molecule has 0 aromatic heterocycles. The SMILES string of the molecule is NCC1CCCN(CCC2(O)CC2)C1. The molecule has 82 valence electrons. The second kappa shape index (κ2) is 4.17. The van der Waals surface area contributed by atoms with Gasteiger partial charge in [-0.15, -0.1) is 0 Å². The summed E-state index contributed by atoms with van der Waals surface area (Å²) in [7, 11) is 0. The van der Waals surface area contributed by atoms with Crippen LogP contribution in [0.25, 0.3) is 0 Å². The molecule has 0 bridgehead atoms. The third-order valence-electron chi connectivity index (χ3n) is 3.66. The number of hydrogen-bond donors (Lipinski definition) is 2. The van der Waals surface area contributed by atoms with Crippen molar-refractivity contribution in [2.24, 2.45) is 11.7 Å². The van der Waals surface area contributed by atoms with Crippen LogP contribution in [0.15, 0.2) is 0 Å². The molecule has 2 rings (SSSR count). The van der Waals surface area contributed by atoms with Crippen molar-refractivity contribution in [1.29, 1.82) is 0 Å². The first-order chi connectivity index (χ1) is 6.72. The van der Waals surface area contributed by atoms with E-state index in [1.54, 1.807) is 0 Å². The molecule has 2 aliphatic rings. The maximum atomic E-state index is 9.73. The molecule has 1 atom stereocenters. The van der Waals surface area contributed by atoms with E-state index in [4.69, 9.17) is 5.73 Å². The van der Waals surface area contributed by atoms with Gasteiger partial charge in [0.2, 0.25) is 0 Å². The average molecular weight is 198 g/mol. The topological polar surface area (TPSA) is 49.5 Å². The van der Waals surface area contributed by atoms with Crippen LogP contribution in [-0.2, 0) is 0 Å². The van der Waals surface area contributed by atoms with Gasteiger partial charge >= 0.3 is 0 Å². The number of nitrogens with zero attached hydrogens (tertiary/aromatic N) is 1. The molecule has 1 saturated heterocycles. The Morgan fingerprint density at radius 2 is 2.21 bits per heavy atom. The lowest BCUT2D eigenvalue weighted by atomic mass is 9.98. The highest BCUT2D eigenvalue weighted by molar-refractivity contribution is 4.94. The predicted octanol–water partition coefficient (Wildman–Crippen LogP) is 0.572. The molecule has 3 nitrogen and oxygen atoms in total. The van der Waals surface area contributed by atoms with E-state index < -0.39 is 0 Å². The summed E-state index contributed by atoms with van der Waals surface area (Å²) in [4.78, 5) is 2.47. The number of piperidine rings is 1. The van der Waals surface area contributed by atoms with Gasteiger partial charge in [-0.05, 0) is 51.1 Å². The fourth-order valence-corrected chi connectivity index (χ4v) is 2.31. The smallest absolute Gasteiger partial charge is 0.0662 e. The lowest BCUT2D eigenvalue weighted by Crippen LogP contribution is -2.39. The molecule has 0 radical (unpaired) electrons. The molecule has 0 aromatic rings. The number of rotatable bonds is 4. The second-order valence-electron chi connectivity index (χ2n) is 5.02. The minimum absolute atomic E-state index is 0.282. The molecule has 0 amide bonds. The van der Waals surface area contributed by atoms with Gasteiger partial charge in [-0.25, -0.2) is 0 Å². The van der Waals surface area contributed by atoms with Crippen LogP contribution in [0.5, 0.6) is 0 Å². The summed E-state index contributed by atoms with van der Waals surface area (Å²) < 4.78 is 0. The maximum absolute atomic E-state index is 9.73. The zero-order valence-electron chi connectivity index (χ0n) is 8.91. The Bertz CT molecular complexity index is 192. The highest BCUT2D eigenvalue weighted by atomic mass is 16.3. The molecule has 2 fully saturated rings. The van der Waals surface area contributed by atoms with Crippen LogP contribution in [0.1, 0.15) is 32.1 Å². The summed E-state index contributed by atoms with van der Waals surface area (Å²) in [5.41, 5.74) is 5.40. The quantitative estimate of drug-likeness (QED) is 0.694. The van der Waals surface area contributed by atoms with Crippen molar-refractivity contribution in [1.82, 2.24) is 4.90 Å². The van der Waals surface area contributed by atoms with Gasteiger partial charge < -0.3 is 15.7 Å². The largest absolute Gasteiger partial charge is 0.390 e. The molecular weight excluding hydrogens is 176 g/mol. The van der Waals surface area contributed by atoms with Crippen molar-refractivity contribution in [2.45, 2.75) is 37.7 Å². The highest BCUT2D eigenvalue weighted by Gasteiger charge is 2.40. The molecule has 1 aliphatic heterocycles. The summed E-state index contributed by atoms with van der Waals surface area (Å²) in [6.45, 7) is 4.23. The first-order valence-electron chi connectivity index (χ1n) is 5.87. The first kappa shape index (κ1) is 10.4. The third-order valence-corrected chi connectivity index (χ3v) is 3.66. The number of aliphatic hydroxyl groups is 1. The van der Waals surface area contributed by atoms with Gasteiger partial charge in [0.05, 0.1) is 5.60 Å². The summed E-state index contributed by atoms with van der Waals surface area (Å²) >= 11 is 0.